The van der Waals surface area contributed by atoms with Gasteiger partial charge in [0, 0.05) is 11.0 Å². The second-order valence-electron chi connectivity index (χ2n) is 5.68. The number of aliphatic hydroxyl groups is 1. The second-order valence-corrected chi connectivity index (χ2v) is 6.54. The van der Waals surface area contributed by atoms with Crippen LogP contribution in [0.5, 0.6) is 0 Å². The maximum atomic E-state index is 12.1. The number of carbonyl (C=O) groups is 2. The molecule has 1 amide bonds. The summed E-state index contributed by atoms with van der Waals surface area (Å²) >= 11 is 3.33. The van der Waals surface area contributed by atoms with Crippen LogP contribution in [0.1, 0.15) is 36.0 Å². The van der Waals surface area contributed by atoms with Crippen molar-refractivity contribution in [2.24, 2.45) is 5.92 Å². The van der Waals surface area contributed by atoms with E-state index in [1.807, 2.05) is 6.07 Å². The summed E-state index contributed by atoms with van der Waals surface area (Å²) in [6, 6.07) is 7.14. The SMILES string of the molecule is COC(=O)C1CCC(O)(CNC(=O)c2ccccc2Br)CC1. The molecule has 1 aliphatic rings. The standard InChI is InChI=1S/C16H20BrNO4/c1-22-15(20)11-6-8-16(21,9-7-11)10-18-14(19)12-4-2-3-5-13(12)17/h2-5,11,21H,6-10H2,1H3,(H,18,19). The van der Waals surface area contributed by atoms with Gasteiger partial charge in [-0.15, -0.1) is 0 Å². The van der Waals surface area contributed by atoms with E-state index in [1.54, 1.807) is 18.2 Å². The Morgan fingerprint density at radius 3 is 2.59 bits per heavy atom. The number of amides is 1. The van der Waals surface area contributed by atoms with Crippen molar-refractivity contribution in [1.82, 2.24) is 5.32 Å². The van der Waals surface area contributed by atoms with Crippen molar-refractivity contribution in [3.63, 3.8) is 0 Å². The minimum Gasteiger partial charge on any atom is -0.469 e. The molecular weight excluding hydrogens is 350 g/mol. The molecule has 0 bridgehead atoms. The topological polar surface area (TPSA) is 75.6 Å². The lowest BCUT2D eigenvalue weighted by atomic mass is 9.78. The van der Waals surface area contributed by atoms with Gasteiger partial charge in [-0.2, -0.15) is 0 Å². The lowest BCUT2D eigenvalue weighted by Gasteiger charge is -2.35. The van der Waals surface area contributed by atoms with Crippen molar-refractivity contribution in [2.75, 3.05) is 13.7 Å². The third-order valence-electron chi connectivity index (χ3n) is 4.15. The van der Waals surface area contributed by atoms with Crippen molar-refractivity contribution in [3.8, 4) is 0 Å². The smallest absolute Gasteiger partial charge is 0.308 e. The molecular formula is C16H20BrNO4. The van der Waals surface area contributed by atoms with Crippen LogP contribution >= 0.6 is 15.9 Å². The second kappa shape index (κ2) is 7.24. The number of ether oxygens (including phenoxy) is 1. The van der Waals surface area contributed by atoms with Crippen molar-refractivity contribution in [1.29, 1.82) is 0 Å². The van der Waals surface area contributed by atoms with Gasteiger partial charge in [0.15, 0.2) is 0 Å². The van der Waals surface area contributed by atoms with Gasteiger partial charge in [0.25, 0.3) is 5.91 Å². The number of halogens is 1. The number of benzene rings is 1. The quantitative estimate of drug-likeness (QED) is 0.798. The summed E-state index contributed by atoms with van der Waals surface area (Å²) in [6.07, 6.45) is 2.11. The fourth-order valence-electron chi connectivity index (χ4n) is 2.72. The number of nitrogens with one attached hydrogen (secondary N) is 1. The third-order valence-corrected chi connectivity index (χ3v) is 4.84. The monoisotopic (exact) mass is 369 g/mol. The maximum Gasteiger partial charge on any atom is 0.308 e. The molecule has 0 unspecified atom stereocenters. The van der Waals surface area contributed by atoms with Crippen LogP contribution in [0, 0.1) is 5.92 Å². The van der Waals surface area contributed by atoms with Crippen LogP contribution in [-0.2, 0) is 9.53 Å². The molecule has 0 heterocycles. The lowest BCUT2D eigenvalue weighted by molar-refractivity contribution is -0.148. The van der Waals surface area contributed by atoms with Gasteiger partial charge in [0.1, 0.15) is 0 Å². The van der Waals surface area contributed by atoms with Crippen molar-refractivity contribution >= 4 is 27.8 Å². The van der Waals surface area contributed by atoms with Crippen LogP contribution in [0.15, 0.2) is 28.7 Å². The van der Waals surface area contributed by atoms with Crippen LogP contribution in [0.25, 0.3) is 0 Å². The highest BCUT2D eigenvalue weighted by molar-refractivity contribution is 9.10. The van der Waals surface area contributed by atoms with E-state index in [0.29, 0.717) is 35.7 Å². The van der Waals surface area contributed by atoms with Crippen molar-refractivity contribution < 1.29 is 19.4 Å². The summed E-state index contributed by atoms with van der Waals surface area (Å²) in [4.78, 5) is 23.6. The number of hydrogen-bond acceptors (Lipinski definition) is 4. The molecule has 0 radical (unpaired) electrons. The summed E-state index contributed by atoms with van der Waals surface area (Å²) in [5.41, 5.74) is -0.420. The van der Waals surface area contributed by atoms with Gasteiger partial charge in [-0.1, -0.05) is 12.1 Å². The largest absolute Gasteiger partial charge is 0.469 e. The first-order chi connectivity index (χ1) is 10.4. The molecule has 0 spiro atoms. The molecule has 0 aromatic heterocycles. The highest BCUT2D eigenvalue weighted by atomic mass is 79.9. The van der Waals surface area contributed by atoms with Gasteiger partial charge in [-0.25, -0.2) is 0 Å². The zero-order valence-corrected chi connectivity index (χ0v) is 14.1. The maximum absolute atomic E-state index is 12.1. The van der Waals surface area contributed by atoms with E-state index >= 15 is 0 Å². The molecule has 0 aliphatic heterocycles. The van der Waals surface area contributed by atoms with Crippen LogP contribution in [0.2, 0.25) is 0 Å². The first kappa shape index (κ1) is 17.0. The molecule has 1 aromatic carbocycles. The fraction of sp³-hybridized carbons (Fsp3) is 0.500. The minimum absolute atomic E-state index is 0.149. The van der Waals surface area contributed by atoms with Gasteiger partial charge >= 0.3 is 5.97 Å². The summed E-state index contributed by atoms with van der Waals surface area (Å²) in [5, 5.41) is 13.3. The van der Waals surface area contributed by atoms with E-state index in [9.17, 15) is 14.7 Å². The molecule has 22 heavy (non-hydrogen) atoms. The Balaban J connectivity index is 1.88. The van der Waals surface area contributed by atoms with Gasteiger partial charge in [0.05, 0.1) is 24.2 Å². The fourth-order valence-corrected chi connectivity index (χ4v) is 3.18. The molecule has 1 aromatic rings. The molecule has 0 saturated heterocycles. The predicted octanol–water partition coefficient (Wildman–Crippen LogP) is 2.27. The molecule has 0 atom stereocenters. The van der Waals surface area contributed by atoms with Gasteiger partial charge in [-0.05, 0) is 53.7 Å². The van der Waals surface area contributed by atoms with Gasteiger partial charge in [0.2, 0.25) is 0 Å². The number of carbonyl (C=O) groups excluding carboxylic acids is 2. The van der Waals surface area contributed by atoms with Crippen LogP contribution < -0.4 is 5.32 Å². The Morgan fingerprint density at radius 2 is 2.00 bits per heavy atom. The molecule has 120 valence electrons. The first-order valence-electron chi connectivity index (χ1n) is 7.28. The van der Waals surface area contributed by atoms with Crippen LogP contribution in [-0.4, -0.2) is 36.2 Å². The van der Waals surface area contributed by atoms with Crippen LogP contribution in [0.3, 0.4) is 0 Å². The predicted molar refractivity (Wildman–Crippen MR) is 85.4 cm³/mol. The molecule has 1 saturated carbocycles. The first-order valence-corrected chi connectivity index (χ1v) is 8.07. The molecule has 1 aliphatic carbocycles. The molecule has 5 nitrogen and oxygen atoms in total. The molecule has 2 N–H and O–H groups in total. The highest BCUT2D eigenvalue weighted by Crippen LogP contribution is 2.32. The van der Waals surface area contributed by atoms with Gasteiger partial charge in [-0.3, -0.25) is 9.59 Å². The van der Waals surface area contributed by atoms with E-state index in [2.05, 4.69) is 21.2 Å². The highest BCUT2D eigenvalue weighted by Gasteiger charge is 2.36. The van der Waals surface area contributed by atoms with Crippen molar-refractivity contribution in [3.05, 3.63) is 34.3 Å². The summed E-state index contributed by atoms with van der Waals surface area (Å²) in [6.45, 7) is 0.182. The van der Waals surface area contributed by atoms with Crippen molar-refractivity contribution in [2.45, 2.75) is 31.3 Å². The summed E-state index contributed by atoms with van der Waals surface area (Å²) < 4.78 is 5.45. The Bertz CT molecular complexity index is 553. The average molecular weight is 370 g/mol. The number of esters is 1. The zero-order chi connectivity index (χ0) is 16.2. The molecule has 1 fully saturated rings. The average Bonchev–Trinajstić information content (AvgIpc) is 2.53. The minimum atomic E-state index is -0.957. The number of rotatable bonds is 4. The zero-order valence-electron chi connectivity index (χ0n) is 12.5. The number of methoxy groups -OCH3 is 1. The Labute approximate surface area is 138 Å². The van der Waals surface area contributed by atoms with E-state index in [-0.39, 0.29) is 24.3 Å². The Hall–Kier alpha value is -1.40. The summed E-state index contributed by atoms with van der Waals surface area (Å²) in [7, 11) is 1.38. The third kappa shape index (κ3) is 4.08. The number of hydrogen-bond donors (Lipinski definition) is 2. The van der Waals surface area contributed by atoms with E-state index in [1.165, 1.54) is 7.11 Å². The molecule has 2 rings (SSSR count). The van der Waals surface area contributed by atoms with Gasteiger partial charge < -0.3 is 15.2 Å². The molecule has 6 heteroatoms. The Kier molecular flexibility index (Phi) is 5.58. The van der Waals surface area contributed by atoms with E-state index in [4.69, 9.17) is 4.74 Å². The van der Waals surface area contributed by atoms with E-state index in [0.717, 1.165) is 0 Å². The normalized spacial score (nSPS) is 24.6. The van der Waals surface area contributed by atoms with E-state index < -0.39 is 5.60 Å². The summed E-state index contributed by atoms with van der Waals surface area (Å²) in [5.74, 6) is -0.598. The lowest BCUT2D eigenvalue weighted by Crippen LogP contribution is -2.46. The van der Waals surface area contributed by atoms with Crippen LogP contribution in [0.4, 0.5) is 0 Å². The Morgan fingerprint density at radius 1 is 1.36 bits per heavy atom.